The Morgan fingerprint density at radius 3 is 1.74 bits per heavy atom. The highest BCUT2D eigenvalue weighted by Gasteiger charge is 2.50. The molecule has 1 saturated carbocycles. The van der Waals surface area contributed by atoms with Gasteiger partial charge in [-0.25, -0.2) is 9.13 Å². The lowest BCUT2D eigenvalue weighted by Crippen LogP contribution is -2.55. The molecule has 1 rings (SSSR count). The normalized spacial score (nSPS) is 30.4. The lowest BCUT2D eigenvalue weighted by Gasteiger charge is -2.42. The lowest BCUT2D eigenvalue weighted by atomic mass is 9.82. The molecular formula is C11H25O13P3. The van der Waals surface area contributed by atoms with Crippen molar-refractivity contribution in [1.29, 1.82) is 0 Å². The van der Waals surface area contributed by atoms with E-state index in [1.807, 2.05) is 0 Å². The summed E-state index contributed by atoms with van der Waals surface area (Å²) in [6.07, 6.45) is -8.21. The number of rotatable bonds is 10. The Labute approximate surface area is 155 Å². The molecule has 0 amide bonds. The highest BCUT2D eigenvalue weighted by atomic mass is 31.2. The van der Waals surface area contributed by atoms with Crippen molar-refractivity contribution in [3.8, 4) is 0 Å². The zero-order valence-corrected chi connectivity index (χ0v) is 17.3. The van der Waals surface area contributed by atoms with Gasteiger partial charge in [0.1, 0.15) is 12.2 Å². The van der Waals surface area contributed by atoms with Gasteiger partial charge in [-0.15, -0.1) is 0 Å². The molecule has 1 fully saturated rings. The van der Waals surface area contributed by atoms with Crippen LogP contribution in [-0.2, 0) is 31.8 Å². The third kappa shape index (κ3) is 8.28. The number of aliphatic hydroxyl groups excluding tert-OH is 2. The molecule has 0 aliphatic heterocycles. The van der Waals surface area contributed by atoms with E-state index in [9.17, 15) is 23.9 Å². The van der Waals surface area contributed by atoms with Gasteiger partial charge < -0.3 is 38.8 Å². The second-order valence-electron chi connectivity index (χ2n) is 5.80. The Balaban J connectivity index is 3.11. The summed E-state index contributed by atoms with van der Waals surface area (Å²) in [6, 6.07) is 0. The van der Waals surface area contributed by atoms with Crippen LogP contribution >= 0.6 is 23.2 Å². The van der Waals surface area contributed by atoms with Gasteiger partial charge in [0.15, 0.2) is 0 Å². The summed E-state index contributed by atoms with van der Waals surface area (Å²) in [5.74, 6) is -1.09. The number of hydrogen-bond donors (Lipinski definition) is 6. The molecule has 0 heterocycles. The van der Waals surface area contributed by atoms with Crippen molar-refractivity contribution < 1.29 is 61.6 Å². The summed E-state index contributed by atoms with van der Waals surface area (Å²) in [5.41, 5.74) is 0. The molecule has 5 atom stereocenters. The molecule has 1 aliphatic rings. The van der Waals surface area contributed by atoms with Crippen LogP contribution in [0.2, 0.25) is 0 Å². The van der Waals surface area contributed by atoms with Crippen LogP contribution in [0, 0.1) is 5.92 Å². The summed E-state index contributed by atoms with van der Waals surface area (Å²) in [5, 5.41) is 20.4. The van der Waals surface area contributed by atoms with Crippen molar-refractivity contribution in [2.75, 3.05) is 19.4 Å². The molecule has 13 nitrogen and oxygen atoms in total. The molecule has 162 valence electrons. The van der Waals surface area contributed by atoms with Crippen molar-refractivity contribution in [2.45, 2.75) is 44.7 Å². The van der Waals surface area contributed by atoms with E-state index in [1.165, 1.54) is 0 Å². The fourth-order valence-electron chi connectivity index (χ4n) is 2.84. The van der Waals surface area contributed by atoms with Crippen LogP contribution < -0.4 is 0 Å². The van der Waals surface area contributed by atoms with Gasteiger partial charge in [0.25, 0.3) is 0 Å². The van der Waals surface area contributed by atoms with Gasteiger partial charge >= 0.3 is 23.2 Å². The molecule has 0 spiro atoms. The van der Waals surface area contributed by atoms with E-state index in [-0.39, 0.29) is 13.2 Å². The first-order valence-electron chi connectivity index (χ1n) is 7.93. The van der Waals surface area contributed by atoms with E-state index in [0.29, 0.717) is 0 Å². The Bertz CT molecular complexity index is 605. The first kappa shape index (κ1) is 25.3. The Morgan fingerprint density at radius 1 is 0.852 bits per heavy atom. The Morgan fingerprint density at radius 2 is 1.33 bits per heavy atom. The SMILES string of the molecule is CCOP(=O)(C[C@H]1C[C@@H](OP(=O)(O)O)[C@H](OP(=O)(O)O)[C@@H](O)[C@H]1O)OCC. The molecule has 0 aromatic carbocycles. The number of phosphoric ester groups is 2. The molecule has 0 radical (unpaired) electrons. The van der Waals surface area contributed by atoms with Gasteiger partial charge in [-0.05, 0) is 20.3 Å². The maximum atomic E-state index is 12.6. The van der Waals surface area contributed by atoms with E-state index < -0.39 is 66.2 Å². The Kier molecular flexibility index (Phi) is 9.25. The second kappa shape index (κ2) is 9.86. The van der Waals surface area contributed by atoms with Crippen LogP contribution in [0.15, 0.2) is 0 Å². The standard InChI is InChI=1S/C11H25O13P3/c1-3-21-25(14,22-4-2)6-7-5-8(23-26(15,16)17)11(10(13)9(7)12)24-27(18,19)20/h7-13H,3-6H2,1-2H3,(H2,15,16,17)(H2,18,19,20)/t7-,8-,9+,10+,11+/m1/s1. The van der Waals surface area contributed by atoms with Crippen LogP contribution in [0.4, 0.5) is 0 Å². The van der Waals surface area contributed by atoms with Crippen LogP contribution in [-0.4, -0.2) is 73.6 Å². The molecule has 6 N–H and O–H groups in total. The average Bonchev–Trinajstić information content (AvgIpc) is 2.46. The van der Waals surface area contributed by atoms with Crippen molar-refractivity contribution in [3.63, 3.8) is 0 Å². The van der Waals surface area contributed by atoms with Crippen LogP contribution in [0.1, 0.15) is 20.3 Å². The minimum atomic E-state index is -5.19. The fourth-order valence-corrected chi connectivity index (χ4v) is 5.99. The molecule has 0 unspecified atom stereocenters. The van der Waals surface area contributed by atoms with Crippen LogP contribution in [0.5, 0.6) is 0 Å². The van der Waals surface area contributed by atoms with Crippen molar-refractivity contribution >= 4 is 23.2 Å². The number of phosphoric acid groups is 2. The first-order valence-corrected chi connectivity index (χ1v) is 12.7. The number of aliphatic hydroxyl groups is 2. The molecule has 0 aromatic rings. The quantitative estimate of drug-likeness (QED) is 0.238. The maximum Gasteiger partial charge on any atom is 0.470 e. The zero-order valence-electron chi connectivity index (χ0n) is 14.6. The topological polar surface area (TPSA) is 210 Å². The monoisotopic (exact) mass is 458 g/mol. The smallest absolute Gasteiger partial charge is 0.390 e. The minimum absolute atomic E-state index is 0.0228. The predicted octanol–water partition coefficient (Wildman–Crippen LogP) is -0.0500. The first-order chi connectivity index (χ1) is 12.2. The van der Waals surface area contributed by atoms with Crippen LogP contribution in [0.3, 0.4) is 0 Å². The zero-order chi connectivity index (χ0) is 21.0. The third-order valence-corrected chi connectivity index (χ3v) is 7.00. The van der Waals surface area contributed by atoms with E-state index in [4.69, 9.17) is 28.6 Å². The molecule has 27 heavy (non-hydrogen) atoms. The summed E-state index contributed by atoms with van der Waals surface area (Å²) >= 11 is 0. The third-order valence-electron chi connectivity index (χ3n) is 3.71. The van der Waals surface area contributed by atoms with Crippen LogP contribution in [0.25, 0.3) is 0 Å². The largest absolute Gasteiger partial charge is 0.470 e. The van der Waals surface area contributed by atoms with E-state index >= 15 is 0 Å². The summed E-state index contributed by atoms with van der Waals surface area (Å²) in [4.78, 5) is 35.9. The fraction of sp³-hybridized carbons (Fsp3) is 1.00. The van der Waals surface area contributed by atoms with Crippen molar-refractivity contribution in [3.05, 3.63) is 0 Å². The molecule has 0 bridgehead atoms. The van der Waals surface area contributed by atoms with E-state index in [0.717, 1.165) is 0 Å². The molecule has 0 aromatic heterocycles. The predicted molar refractivity (Wildman–Crippen MR) is 89.7 cm³/mol. The van der Waals surface area contributed by atoms with Crippen molar-refractivity contribution in [2.24, 2.45) is 5.92 Å². The average molecular weight is 458 g/mol. The summed E-state index contributed by atoms with van der Waals surface area (Å²) in [6.45, 7) is 3.16. The Hall–Kier alpha value is 0.290. The second-order valence-corrected chi connectivity index (χ2v) is 10.3. The summed E-state index contributed by atoms with van der Waals surface area (Å²) in [7, 11) is -14.0. The molecular weight excluding hydrogens is 433 g/mol. The van der Waals surface area contributed by atoms with Gasteiger partial charge in [0.2, 0.25) is 0 Å². The molecule has 0 saturated heterocycles. The van der Waals surface area contributed by atoms with E-state index in [2.05, 4.69) is 9.05 Å². The summed E-state index contributed by atoms with van der Waals surface area (Å²) < 4.78 is 53.9. The van der Waals surface area contributed by atoms with E-state index in [1.54, 1.807) is 13.8 Å². The van der Waals surface area contributed by atoms with Gasteiger partial charge in [-0.3, -0.25) is 13.6 Å². The maximum absolute atomic E-state index is 12.6. The highest BCUT2D eigenvalue weighted by molar-refractivity contribution is 7.53. The molecule has 16 heteroatoms. The number of hydrogen-bond acceptors (Lipinski definition) is 9. The molecule has 1 aliphatic carbocycles. The minimum Gasteiger partial charge on any atom is -0.390 e. The van der Waals surface area contributed by atoms with Gasteiger partial charge in [0, 0.05) is 5.92 Å². The van der Waals surface area contributed by atoms with Gasteiger partial charge in [0.05, 0.1) is 31.6 Å². The highest BCUT2D eigenvalue weighted by Crippen LogP contribution is 2.53. The van der Waals surface area contributed by atoms with Gasteiger partial charge in [-0.1, -0.05) is 0 Å². The van der Waals surface area contributed by atoms with Crippen molar-refractivity contribution in [1.82, 2.24) is 0 Å². The lowest BCUT2D eigenvalue weighted by molar-refractivity contribution is -0.146. The van der Waals surface area contributed by atoms with Gasteiger partial charge in [-0.2, -0.15) is 0 Å².